The minimum Gasteiger partial charge on any atom is -0.212 e. The maximum atomic E-state index is 14.4. The van der Waals surface area contributed by atoms with E-state index in [-0.39, 0.29) is 47.4 Å². The largest absolute Gasteiger partial charge is 0.429 e. The quantitative estimate of drug-likeness (QED) is 0.466. The molecule has 4 fully saturated rings. The van der Waals surface area contributed by atoms with Gasteiger partial charge in [0.1, 0.15) is 0 Å². The third kappa shape index (κ3) is 3.97. The maximum Gasteiger partial charge on any atom is 0.429 e. The van der Waals surface area contributed by atoms with Gasteiger partial charge in [-0.2, -0.15) is 26.3 Å². The van der Waals surface area contributed by atoms with Gasteiger partial charge in [0.05, 0.1) is 6.26 Å². The lowest BCUT2D eigenvalue weighted by atomic mass is 9.53. The fourth-order valence-corrected chi connectivity index (χ4v) is 9.30. The molecule has 0 unspecified atom stereocenters. The van der Waals surface area contributed by atoms with E-state index < -0.39 is 52.0 Å². The van der Waals surface area contributed by atoms with Gasteiger partial charge < -0.3 is 0 Å². The van der Waals surface area contributed by atoms with Crippen molar-refractivity contribution in [1.82, 2.24) is 8.85 Å². The first-order chi connectivity index (χ1) is 13.6. The summed E-state index contributed by atoms with van der Waals surface area (Å²) in [7, 11) is -18.6. The Kier molecular flexibility index (Phi) is 5.58. The molecule has 2 N–H and O–H groups in total. The average molecular weight is 523 g/mol. The van der Waals surface area contributed by atoms with Crippen molar-refractivity contribution < 1.29 is 51.6 Å². The van der Waals surface area contributed by atoms with Crippen molar-refractivity contribution in [1.29, 1.82) is 0 Å². The summed E-state index contributed by atoms with van der Waals surface area (Å²) in [4.78, 5) is 0. The van der Waals surface area contributed by atoms with E-state index in [0.29, 0.717) is 0 Å². The second-order valence-electron chi connectivity index (χ2n) is 8.77. The smallest absolute Gasteiger partial charge is 0.212 e. The first-order valence-electron chi connectivity index (χ1n) is 9.05. The monoisotopic (exact) mass is 522 g/mol. The first-order valence-corrected chi connectivity index (χ1v) is 13.9. The zero-order valence-corrected chi connectivity index (χ0v) is 18.4. The van der Waals surface area contributed by atoms with Gasteiger partial charge >= 0.3 is 16.4 Å². The summed E-state index contributed by atoms with van der Waals surface area (Å²) in [5.41, 5.74) is -1.51. The number of hydrogen-bond donors (Lipinski definition) is 2. The molecule has 0 spiro atoms. The highest BCUT2D eigenvalue weighted by Crippen LogP contribution is 2.57. The van der Waals surface area contributed by atoms with Crippen molar-refractivity contribution in [2.45, 2.75) is 60.5 Å². The lowest BCUT2D eigenvalue weighted by molar-refractivity contribution is -0.244. The van der Waals surface area contributed by atoms with Crippen molar-refractivity contribution in [3.63, 3.8) is 0 Å². The summed E-state index contributed by atoms with van der Waals surface area (Å²) in [6, 6.07) is 0. The molecule has 182 valence electrons. The van der Waals surface area contributed by atoms with E-state index in [9.17, 15) is 51.6 Å². The van der Waals surface area contributed by atoms with Gasteiger partial charge in [0.15, 0.2) is 0 Å². The van der Waals surface area contributed by atoms with E-state index in [1.807, 2.05) is 0 Å². The van der Waals surface area contributed by atoms with Gasteiger partial charge in [0, 0.05) is 5.54 Å². The highest BCUT2D eigenvalue weighted by molar-refractivity contribution is 8.05. The predicted molar refractivity (Wildman–Crippen MR) is 94.7 cm³/mol. The van der Waals surface area contributed by atoms with Crippen LogP contribution in [-0.2, 0) is 30.1 Å². The predicted octanol–water partition coefficient (Wildman–Crippen LogP) is 1.57. The molecule has 0 aromatic carbocycles. The minimum absolute atomic E-state index is 0.00224. The minimum atomic E-state index is -7.01. The van der Waals surface area contributed by atoms with Gasteiger partial charge in [-0.25, -0.2) is 30.0 Å². The molecular formula is C14H20F6N2O6S3. The number of sulfonamides is 3. The van der Waals surface area contributed by atoms with Gasteiger partial charge in [-0.3, -0.25) is 0 Å². The lowest BCUT2D eigenvalue weighted by Gasteiger charge is -2.56. The molecule has 17 heteroatoms. The van der Waals surface area contributed by atoms with Gasteiger partial charge in [0.2, 0.25) is 10.0 Å². The Balaban J connectivity index is 1.95. The van der Waals surface area contributed by atoms with Gasteiger partial charge in [-0.05, 0) is 56.3 Å². The SMILES string of the molecule is CS(=O)(=O)NS(=O)(=O)C(F)(F)C(F)(F)C(F)(F)S(=O)(=O)NC12CC3CC(CC(C3)C1)C2. The van der Waals surface area contributed by atoms with E-state index in [1.54, 1.807) is 0 Å². The van der Waals surface area contributed by atoms with Crippen molar-refractivity contribution in [3.8, 4) is 0 Å². The van der Waals surface area contributed by atoms with Crippen LogP contribution < -0.4 is 8.85 Å². The molecule has 0 radical (unpaired) electrons. The van der Waals surface area contributed by atoms with E-state index in [1.165, 1.54) is 4.72 Å². The van der Waals surface area contributed by atoms with Crippen molar-refractivity contribution in [3.05, 3.63) is 0 Å². The number of hydrogen-bond acceptors (Lipinski definition) is 6. The number of halogens is 6. The van der Waals surface area contributed by atoms with Crippen LogP contribution in [0.4, 0.5) is 26.3 Å². The summed E-state index contributed by atoms with van der Waals surface area (Å²) < 4.78 is 156. The Morgan fingerprint density at radius 1 is 0.710 bits per heavy atom. The van der Waals surface area contributed by atoms with Crippen molar-refractivity contribution >= 4 is 30.1 Å². The molecule has 0 heterocycles. The molecule has 0 aromatic heterocycles. The van der Waals surface area contributed by atoms with Crippen LogP contribution in [0.2, 0.25) is 0 Å². The number of nitrogens with one attached hydrogen (secondary N) is 2. The summed E-state index contributed by atoms with van der Waals surface area (Å²) in [6.07, 6.45) is 2.39. The highest BCUT2D eigenvalue weighted by atomic mass is 32.3. The van der Waals surface area contributed by atoms with Crippen LogP contribution in [0.15, 0.2) is 0 Å². The molecule has 4 aliphatic carbocycles. The van der Waals surface area contributed by atoms with Crippen LogP contribution in [0.1, 0.15) is 38.5 Å². The summed E-state index contributed by atoms with van der Waals surface area (Å²) >= 11 is 0. The van der Waals surface area contributed by atoms with E-state index in [4.69, 9.17) is 0 Å². The Hall–Kier alpha value is -0.650. The molecule has 31 heavy (non-hydrogen) atoms. The Morgan fingerprint density at radius 3 is 1.42 bits per heavy atom. The van der Waals surface area contributed by atoms with Crippen LogP contribution in [0.3, 0.4) is 0 Å². The Labute approximate surface area is 175 Å². The molecule has 4 bridgehead atoms. The van der Waals surface area contributed by atoms with Gasteiger partial charge in [-0.15, -0.1) is 4.13 Å². The van der Waals surface area contributed by atoms with Gasteiger partial charge in [0.25, 0.3) is 20.0 Å². The highest BCUT2D eigenvalue weighted by Gasteiger charge is 2.82. The molecule has 4 rings (SSSR count). The average Bonchev–Trinajstić information content (AvgIpc) is 2.49. The van der Waals surface area contributed by atoms with Crippen LogP contribution >= 0.6 is 0 Å². The fraction of sp³-hybridized carbons (Fsp3) is 1.00. The molecule has 0 aromatic rings. The Bertz CT molecular complexity index is 1040. The molecule has 0 atom stereocenters. The number of rotatable bonds is 8. The van der Waals surface area contributed by atoms with E-state index >= 15 is 0 Å². The summed E-state index contributed by atoms with van der Waals surface area (Å²) in [5, 5.41) is -13.4. The molecule has 0 saturated heterocycles. The lowest BCUT2D eigenvalue weighted by Crippen LogP contribution is -2.68. The molecule has 0 amide bonds. The molecule has 4 saturated carbocycles. The zero-order valence-electron chi connectivity index (χ0n) is 15.9. The van der Waals surface area contributed by atoms with Crippen LogP contribution in [0.25, 0.3) is 0 Å². The summed E-state index contributed by atoms with van der Waals surface area (Å²) in [6.45, 7) is 0. The van der Waals surface area contributed by atoms with E-state index in [2.05, 4.69) is 0 Å². The van der Waals surface area contributed by atoms with Crippen molar-refractivity contribution in [2.75, 3.05) is 6.26 Å². The standard InChI is InChI=1S/C14H20F6N2O6S3/c1-29(23,24)22-31(27,28)14(19,20)12(15,16)13(17,18)30(25,26)21-11-5-8-2-9(6-11)4-10(3-8)7-11/h8-10,21-22H,2-7H2,1H3. The zero-order chi connectivity index (χ0) is 23.9. The molecule has 4 aliphatic rings. The number of alkyl halides is 6. The first kappa shape index (κ1) is 25.0. The van der Waals surface area contributed by atoms with Crippen LogP contribution in [-0.4, -0.2) is 53.5 Å². The normalized spacial score (nSPS) is 32.4. The third-order valence-electron chi connectivity index (χ3n) is 6.06. The topological polar surface area (TPSA) is 126 Å². The van der Waals surface area contributed by atoms with Crippen LogP contribution in [0.5, 0.6) is 0 Å². The second-order valence-corrected chi connectivity index (χ2v) is 14.2. The fourth-order valence-electron chi connectivity index (χ4n) is 5.34. The maximum absolute atomic E-state index is 14.4. The molecular weight excluding hydrogens is 502 g/mol. The van der Waals surface area contributed by atoms with Crippen LogP contribution in [0, 0.1) is 17.8 Å². The van der Waals surface area contributed by atoms with E-state index in [0.717, 1.165) is 19.3 Å². The summed E-state index contributed by atoms with van der Waals surface area (Å²) in [5.74, 6) is -7.08. The second kappa shape index (κ2) is 6.93. The Morgan fingerprint density at radius 2 is 1.06 bits per heavy atom. The van der Waals surface area contributed by atoms with Gasteiger partial charge in [-0.1, -0.05) is 0 Å². The molecule has 0 aliphatic heterocycles. The molecule has 8 nitrogen and oxygen atoms in total. The third-order valence-corrected chi connectivity index (χ3v) is 10.7. The van der Waals surface area contributed by atoms with Crippen molar-refractivity contribution in [2.24, 2.45) is 17.8 Å².